The predicted molar refractivity (Wildman–Crippen MR) is 86.7 cm³/mol. The molecule has 21 heavy (non-hydrogen) atoms. The average Bonchev–Trinajstić information content (AvgIpc) is 2.45. The maximum absolute atomic E-state index is 12.1. The molecule has 2 aromatic rings. The monoisotopic (exact) mass is 285 g/mol. The van der Waals surface area contributed by atoms with Gasteiger partial charge in [-0.1, -0.05) is 44.2 Å². The van der Waals surface area contributed by atoms with Crippen LogP contribution in [0.4, 0.5) is 5.82 Å². The molecule has 1 heterocycles. The lowest BCUT2D eigenvalue weighted by Crippen LogP contribution is -2.25. The molecular formula is C17H23N3O. The summed E-state index contributed by atoms with van der Waals surface area (Å²) >= 11 is 0. The van der Waals surface area contributed by atoms with Crippen LogP contribution in [0.25, 0.3) is 0 Å². The van der Waals surface area contributed by atoms with Gasteiger partial charge in [0, 0.05) is 18.3 Å². The van der Waals surface area contributed by atoms with Gasteiger partial charge in [-0.05, 0) is 24.8 Å². The summed E-state index contributed by atoms with van der Waals surface area (Å²) in [6.45, 7) is 7.73. The molecule has 1 aromatic heterocycles. The molecule has 2 rings (SSSR count). The highest BCUT2D eigenvalue weighted by Crippen LogP contribution is 2.10. The van der Waals surface area contributed by atoms with Crippen LogP contribution in [0.15, 0.2) is 41.3 Å². The van der Waals surface area contributed by atoms with Gasteiger partial charge < -0.3 is 5.32 Å². The molecule has 0 amide bonds. The predicted octanol–water partition coefficient (Wildman–Crippen LogP) is 3.06. The first kappa shape index (κ1) is 15.3. The highest BCUT2D eigenvalue weighted by Gasteiger charge is 2.06. The number of hydrogen-bond donors (Lipinski definition) is 1. The second kappa shape index (κ2) is 7.07. The molecule has 0 saturated carbocycles. The van der Waals surface area contributed by atoms with Crippen LogP contribution in [-0.2, 0) is 6.54 Å². The minimum atomic E-state index is -0.212. The van der Waals surface area contributed by atoms with Crippen LogP contribution in [0.3, 0.4) is 0 Å². The number of hydrogen-bond acceptors (Lipinski definition) is 3. The van der Waals surface area contributed by atoms with E-state index in [4.69, 9.17) is 0 Å². The van der Waals surface area contributed by atoms with Crippen LogP contribution >= 0.6 is 0 Å². The largest absolute Gasteiger partial charge is 0.370 e. The van der Waals surface area contributed by atoms with Crippen molar-refractivity contribution in [1.82, 2.24) is 9.55 Å². The lowest BCUT2D eigenvalue weighted by molar-refractivity contribution is 0.605. The van der Waals surface area contributed by atoms with Crippen LogP contribution in [0.2, 0.25) is 0 Å². The van der Waals surface area contributed by atoms with Gasteiger partial charge in [0.25, 0.3) is 0 Å². The number of aromatic nitrogens is 2. The maximum Gasteiger partial charge on any atom is 0.349 e. The molecule has 0 spiro atoms. The average molecular weight is 285 g/mol. The van der Waals surface area contributed by atoms with E-state index < -0.39 is 0 Å². The zero-order valence-electron chi connectivity index (χ0n) is 13.0. The third-order valence-electron chi connectivity index (χ3n) is 3.39. The molecule has 1 aromatic carbocycles. The summed E-state index contributed by atoms with van der Waals surface area (Å²) < 4.78 is 1.65. The second-order valence-corrected chi connectivity index (χ2v) is 5.78. The third kappa shape index (κ3) is 4.45. The molecule has 0 atom stereocenters. The van der Waals surface area contributed by atoms with E-state index in [0.29, 0.717) is 18.3 Å². The fourth-order valence-corrected chi connectivity index (χ4v) is 2.15. The normalized spacial score (nSPS) is 10.9. The van der Waals surface area contributed by atoms with Crippen molar-refractivity contribution in [3.8, 4) is 0 Å². The van der Waals surface area contributed by atoms with E-state index in [2.05, 4.69) is 24.1 Å². The number of aryl methyl sites for hydroxylation is 1. The topological polar surface area (TPSA) is 46.9 Å². The van der Waals surface area contributed by atoms with Gasteiger partial charge in [-0.25, -0.2) is 4.79 Å². The number of nitrogens with one attached hydrogen (secondary N) is 1. The van der Waals surface area contributed by atoms with Crippen LogP contribution in [0.5, 0.6) is 0 Å². The summed E-state index contributed by atoms with van der Waals surface area (Å²) in [6.07, 6.45) is 2.94. The van der Waals surface area contributed by atoms with Crippen LogP contribution in [0, 0.1) is 12.8 Å². The summed E-state index contributed by atoms with van der Waals surface area (Å²) in [7, 11) is 0. The van der Waals surface area contributed by atoms with E-state index in [1.165, 1.54) is 0 Å². The van der Waals surface area contributed by atoms with Gasteiger partial charge in [0.15, 0.2) is 0 Å². The number of nitrogens with zero attached hydrogens (tertiary/aromatic N) is 2. The molecular weight excluding hydrogens is 262 g/mol. The van der Waals surface area contributed by atoms with Crippen LogP contribution in [0.1, 0.15) is 31.4 Å². The lowest BCUT2D eigenvalue weighted by Gasteiger charge is -2.12. The highest BCUT2D eigenvalue weighted by molar-refractivity contribution is 5.41. The van der Waals surface area contributed by atoms with E-state index in [1.54, 1.807) is 4.57 Å². The summed E-state index contributed by atoms with van der Waals surface area (Å²) in [5.41, 5.74) is 1.88. The van der Waals surface area contributed by atoms with Crippen molar-refractivity contribution in [2.45, 2.75) is 33.7 Å². The summed E-state index contributed by atoms with van der Waals surface area (Å²) in [5, 5.41) is 3.25. The van der Waals surface area contributed by atoms with Gasteiger partial charge in [-0.2, -0.15) is 4.98 Å². The quantitative estimate of drug-likeness (QED) is 0.887. The minimum Gasteiger partial charge on any atom is -0.370 e. The Morgan fingerprint density at radius 2 is 1.95 bits per heavy atom. The second-order valence-electron chi connectivity index (χ2n) is 5.78. The molecule has 112 valence electrons. The van der Waals surface area contributed by atoms with Gasteiger partial charge in [0.05, 0.1) is 6.54 Å². The summed E-state index contributed by atoms with van der Waals surface area (Å²) in [6, 6.07) is 9.94. The Morgan fingerprint density at radius 3 is 2.62 bits per heavy atom. The van der Waals surface area contributed by atoms with E-state index >= 15 is 0 Å². The van der Waals surface area contributed by atoms with Crippen molar-refractivity contribution >= 4 is 5.82 Å². The Kier molecular flexibility index (Phi) is 5.14. The molecule has 0 aliphatic rings. The van der Waals surface area contributed by atoms with Crippen molar-refractivity contribution in [3.63, 3.8) is 0 Å². The van der Waals surface area contributed by atoms with E-state index in [9.17, 15) is 4.79 Å². The first-order valence-electron chi connectivity index (χ1n) is 7.42. The zero-order valence-corrected chi connectivity index (χ0v) is 13.0. The Bertz CT molecular complexity index is 632. The number of anilines is 1. The number of benzene rings is 1. The molecule has 0 unspecified atom stereocenters. The van der Waals surface area contributed by atoms with E-state index in [-0.39, 0.29) is 5.69 Å². The molecule has 4 nitrogen and oxygen atoms in total. The smallest absolute Gasteiger partial charge is 0.349 e. The standard InChI is InChI=1S/C17H23N3O/c1-13(2)9-10-18-16-14(3)11-20(17(21)19-16)12-15-7-5-4-6-8-15/h4-8,11,13H,9-10,12H2,1-3H3,(H,18,19,21). The van der Waals surface area contributed by atoms with Crippen molar-refractivity contribution < 1.29 is 0 Å². The molecule has 0 radical (unpaired) electrons. The molecule has 0 aliphatic carbocycles. The SMILES string of the molecule is Cc1cn(Cc2ccccc2)c(=O)nc1NCCC(C)C. The Morgan fingerprint density at radius 1 is 1.24 bits per heavy atom. The first-order valence-corrected chi connectivity index (χ1v) is 7.42. The fourth-order valence-electron chi connectivity index (χ4n) is 2.15. The van der Waals surface area contributed by atoms with Gasteiger partial charge >= 0.3 is 5.69 Å². The molecule has 0 aliphatic heterocycles. The van der Waals surface area contributed by atoms with Gasteiger partial charge in [-0.15, -0.1) is 0 Å². The van der Waals surface area contributed by atoms with Crippen LogP contribution in [-0.4, -0.2) is 16.1 Å². The molecule has 0 saturated heterocycles. The van der Waals surface area contributed by atoms with Gasteiger partial charge in [0.1, 0.15) is 5.82 Å². The zero-order chi connectivity index (χ0) is 15.2. The highest BCUT2D eigenvalue weighted by atomic mass is 16.1. The molecule has 1 N–H and O–H groups in total. The van der Waals surface area contributed by atoms with E-state index in [1.807, 2.05) is 43.5 Å². The van der Waals surface area contributed by atoms with Crippen molar-refractivity contribution in [2.24, 2.45) is 5.92 Å². The first-order chi connectivity index (χ1) is 10.1. The van der Waals surface area contributed by atoms with Gasteiger partial charge in [-0.3, -0.25) is 4.57 Å². The molecule has 4 heteroatoms. The fraction of sp³-hybridized carbons (Fsp3) is 0.412. The number of rotatable bonds is 6. The van der Waals surface area contributed by atoms with Gasteiger partial charge in [0.2, 0.25) is 0 Å². The molecule has 0 bridgehead atoms. The minimum absolute atomic E-state index is 0.212. The van der Waals surface area contributed by atoms with Crippen molar-refractivity contribution in [2.75, 3.05) is 11.9 Å². The molecule has 0 fully saturated rings. The Labute approximate surface area is 125 Å². The van der Waals surface area contributed by atoms with E-state index in [0.717, 1.165) is 24.1 Å². The Hall–Kier alpha value is -2.10. The Balaban J connectivity index is 2.11. The van der Waals surface area contributed by atoms with Crippen molar-refractivity contribution in [1.29, 1.82) is 0 Å². The third-order valence-corrected chi connectivity index (χ3v) is 3.39. The summed E-state index contributed by atoms with van der Waals surface area (Å²) in [5.74, 6) is 1.33. The maximum atomic E-state index is 12.1. The lowest BCUT2D eigenvalue weighted by atomic mass is 10.1. The van der Waals surface area contributed by atoms with Crippen LogP contribution < -0.4 is 11.0 Å². The van der Waals surface area contributed by atoms with Crippen molar-refractivity contribution in [3.05, 3.63) is 58.1 Å². The summed E-state index contributed by atoms with van der Waals surface area (Å²) in [4.78, 5) is 16.3.